The first-order chi connectivity index (χ1) is 10.3. The van der Waals surface area contributed by atoms with Crippen LogP contribution in [0.3, 0.4) is 0 Å². The molecule has 0 aromatic heterocycles. The van der Waals surface area contributed by atoms with Gasteiger partial charge in [-0.3, -0.25) is 0 Å². The Labute approximate surface area is 135 Å². The fourth-order valence-corrected chi connectivity index (χ4v) is 7.48. The zero-order chi connectivity index (χ0) is 15.8. The average molecular weight is 306 g/mol. The summed E-state index contributed by atoms with van der Waals surface area (Å²) in [5, 5.41) is 21.0. The molecule has 22 heavy (non-hydrogen) atoms. The topological polar surface area (TPSA) is 40.5 Å². The van der Waals surface area contributed by atoms with E-state index in [0.717, 1.165) is 42.9 Å². The molecule has 0 aliphatic heterocycles. The largest absolute Gasteiger partial charge is 0.393 e. The van der Waals surface area contributed by atoms with Crippen molar-refractivity contribution in [3.05, 3.63) is 0 Å². The van der Waals surface area contributed by atoms with Crippen LogP contribution < -0.4 is 0 Å². The van der Waals surface area contributed by atoms with Crippen LogP contribution >= 0.6 is 0 Å². The lowest BCUT2D eigenvalue weighted by Crippen LogP contribution is -2.56. The normalized spacial score (nSPS) is 61.2. The van der Waals surface area contributed by atoms with Gasteiger partial charge in [-0.05, 0) is 99.2 Å². The van der Waals surface area contributed by atoms with E-state index < -0.39 is 5.60 Å². The van der Waals surface area contributed by atoms with E-state index in [-0.39, 0.29) is 11.5 Å². The second-order valence-electron chi connectivity index (χ2n) is 9.85. The molecular weight excluding hydrogens is 272 g/mol. The van der Waals surface area contributed by atoms with Gasteiger partial charge < -0.3 is 10.2 Å². The molecule has 0 saturated heterocycles. The minimum atomic E-state index is -0.455. The van der Waals surface area contributed by atoms with Gasteiger partial charge in [-0.1, -0.05) is 13.8 Å². The third-order valence-corrected chi connectivity index (χ3v) is 9.20. The number of rotatable bonds is 0. The smallest absolute Gasteiger partial charge is 0.0675 e. The van der Waals surface area contributed by atoms with E-state index in [4.69, 9.17) is 0 Å². The van der Waals surface area contributed by atoms with E-state index in [0.29, 0.717) is 5.41 Å². The van der Waals surface area contributed by atoms with Crippen molar-refractivity contribution in [1.29, 1.82) is 0 Å². The van der Waals surface area contributed by atoms with Crippen LogP contribution in [-0.2, 0) is 0 Å². The zero-order valence-corrected chi connectivity index (χ0v) is 14.6. The summed E-state index contributed by atoms with van der Waals surface area (Å²) in [5.74, 6) is 3.13. The van der Waals surface area contributed by atoms with Crippen LogP contribution in [0, 0.1) is 34.5 Å². The zero-order valence-electron chi connectivity index (χ0n) is 14.6. The molecule has 4 fully saturated rings. The van der Waals surface area contributed by atoms with Crippen molar-refractivity contribution >= 4 is 0 Å². The number of fused-ring (bicyclic) bond motifs is 5. The molecule has 4 saturated carbocycles. The van der Waals surface area contributed by atoms with Crippen molar-refractivity contribution in [2.24, 2.45) is 34.5 Å². The quantitative estimate of drug-likeness (QED) is 0.706. The van der Waals surface area contributed by atoms with Gasteiger partial charge in [0.15, 0.2) is 0 Å². The molecule has 0 aromatic rings. The molecule has 0 aromatic carbocycles. The summed E-state index contributed by atoms with van der Waals surface area (Å²) in [6.45, 7) is 7.01. The Balaban J connectivity index is 1.64. The highest BCUT2D eigenvalue weighted by Crippen LogP contribution is 2.68. The van der Waals surface area contributed by atoms with Gasteiger partial charge in [0.25, 0.3) is 0 Å². The summed E-state index contributed by atoms with van der Waals surface area (Å²) in [6.07, 6.45) is 10.6. The fraction of sp³-hybridized carbons (Fsp3) is 1.00. The standard InChI is InChI=1S/C20H34O2/c1-18-9-6-14(21)12-13(18)4-5-15-16(18)7-10-19(2)17(15)8-11-20(19,3)22/h13-17,21-22H,4-12H2,1-3H3/t13?,14-,15?,16?,17?,18?,19?,20+/m1/s1. The Kier molecular flexibility index (Phi) is 3.32. The van der Waals surface area contributed by atoms with E-state index in [1.807, 2.05) is 0 Å². The molecule has 6 unspecified atom stereocenters. The maximum absolute atomic E-state index is 10.9. The third-order valence-electron chi connectivity index (χ3n) is 9.20. The van der Waals surface area contributed by atoms with Crippen LogP contribution in [0.1, 0.15) is 78.6 Å². The predicted molar refractivity (Wildman–Crippen MR) is 88.4 cm³/mol. The summed E-state index contributed by atoms with van der Waals surface area (Å²) in [6, 6.07) is 0. The van der Waals surface area contributed by atoms with Gasteiger partial charge in [0.1, 0.15) is 0 Å². The molecule has 0 heterocycles. The lowest BCUT2D eigenvalue weighted by atomic mass is 9.44. The van der Waals surface area contributed by atoms with Crippen molar-refractivity contribution < 1.29 is 10.2 Å². The molecule has 2 N–H and O–H groups in total. The molecule has 4 aliphatic rings. The molecule has 0 radical (unpaired) electrons. The lowest BCUT2D eigenvalue weighted by molar-refractivity contribution is -0.153. The Bertz CT molecular complexity index is 459. The first-order valence-electron chi connectivity index (χ1n) is 9.68. The van der Waals surface area contributed by atoms with Crippen LogP contribution in [-0.4, -0.2) is 21.9 Å². The minimum Gasteiger partial charge on any atom is -0.393 e. The maximum Gasteiger partial charge on any atom is 0.0675 e. The fourth-order valence-electron chi connectivity index (χ4n) is 7.48. The molecule has 8 atom stereocenters. The van der Waals surface area contributed by atoms with Crippen LogP contribution in [0.4, 0.5) is 0 Å². The first-order valence-corrected chi connectivity index (χ1v) is 9.68. The van der Waals surface area contributed by atoms with Crippen molar-refractivity contribution in [1.82, 2.24) is 0 Å². The second kappa shape index (κ2) is 4.72. The summed E-state index contributed by atoms with van der Waals surface area (Å²) < 4.78 is 0. The van der Waals surface area contributed by atoms with Crippen LogP contribution in [0.5, 0.6) is 0 Å². The van der Waals surface area contributed by atoms with Crippen molar-refractivity contribution in [3.8, 4) is 0 Å². The molecule has 2 nitrogen and oxygen atoms in total. The Hall–Kier alpha value is -0.0800. The monoisotopic (exact) mass is 306 g/mol. The van der Waals surface area contributed by atoms with Gasteiger partial charge >= 0.3 is 0 Å². The second-order valence-corrected chi connectivity index (χ2v) is 9.85. The predicted octanol–water partition coefficient (Wildman–Crippen LogP) is 4.14. The molecule has 126 valence electrons. The molecule has 4 aliphatic carbocycles. The maximum atomic E-state index is 10.9. The van der Waals surface area contributed by atoms with Crippen LogP contribution in [0.2, 0.25) is 0 Å². The summed E-state index contributed by atoms with van der Waals surface area (Å²) in [4.78, 5) is 0. The van der Waals surface area contributed by atoms with Gasteiger partial charge in [-0.15, -0.1) is 0 Å². The molecule has 0 bridgehead atoms. The highest BCUT2D eigenvalue weighted by molar-refractivity contribution is 5.12. The van der Waals surface area contributed by atoms with Gasteiger partial charge in [0.05, 0.1) is 11.7 Å². The van der Waals surface area contributed by atoms with Crippen molar-refractivity contribution in [3.63, 3.8) is 0 Å². The van der Waals surface area contributed by atoms with Crippen LogP contribution in [0.15, 0.2) is 0 Å². The minimum absolute atomic E-state index is 0.0457. The highest BCUT2D eigenvalue weighted by atomic mass is 16.3. The van der Waals surface area contributed by atoms with Gasteiger partial charge in [0, 0.05) is 0 Å². The van der Waals surface area contributed by atoms with Crippen molar-refractivity contribution in [2.75, 3.05) is 0 Å². The average Bonchev–Trinajstić information content (AvgIpc) is 2.70. The van der Waals surface area contributed by atoms with E-state index in [1.54, 1.807) is 0 Å². The molecule has 4 rings (SSSR count). The molecule has 0 amide bonds. The van der Waals surface area contributed by atoms with Gasteiger partial charge in [-0.25, -0.2) is 0 Å². The number of aliphatic hydroxyl groups is 2. The highest BCUT2D eigenvalue weighted by Gasteiger charge is 2.63. The van der Waals surface area contributed by atoms with E-state index in [1.165, 1.54) is 38.5 Å². The third kappa shape index (κ3) is 1.86. The van der Waals surface area contributed by atoms with E-state index in [2.05, 4.69) is 20.8 Å². The van der Waals surface area contributed by atoms with Crippen LogP contribution in [0.25, 0.3) is 0 Å². The van der Waals surface area contributed by atoms with Gasteiger partial charge in [0.2, 0.25) is 0 Å². The molecule has 2 heteroatoms. The number of aliphatic hydroxyl groups excluding tert-OH is 1. The van der Waals surface area contributed by atoms with E-state index >= 15 is 0 Å². The number of hydrogen-bond donors (Lipinski definition) is 2. The lowest BCUT2D eigenvalue weighted by Gasteiger charge is -2.61. The molecule has 0 spiro atoms. The summed E-state index contributed by atoms with van der Waals surface area (Å²) in [7, 11) is 0. The Morgan fingerprint density at radius 2 is 1.55 bits per heavy atom. The Morgan fingerprint density at radius 3 is 2.32 bits per heavy atom. The summed E-state index contributed by atoms with van der Waals surface area (Å²) >= 11 is 0. The van der Waals surface area contributed by atoms with Crippen molar-refractivity contribution in [2.45, 2.75) is 90.3 Å². The SMILES string of the molecule is CC12CC[C@@H](O)CC1CCC1C2CCC2(C)C1CC[C@]2(C)O. The summed E-state index contributed by atoms with van der Waals surface area (Å²) in [5.41, 5.74) is 0.145. The van der Waals surface area contributed by atoms with Gasteiger partial charge in [-0.2, -0.15) is 0 Å². The first kappa shape index (κ1) is 15.4. The Morgan fingerprint density at radius 1 is 0.818 bits per heavy atom. The van der Waals surface area contributed by atoms with E-state index in [9.17, 15) is 10.2 Å². The molecular formula is C20H34O2. The number of hydrogen-bond acceptors (Lipinski definition) is 2.